The summed E-state index contributed by atoms with van der Waals surface area (Å²) < 4.78 is 0. The van der Waals surface area contributed by atoms with Gasteiger partial charge >= 0.3 is 139 Å². The third kappa shape index (κ3) is 4.69. The summed E-state index contributed by atoms with van der Waals surface area (Å²) in [5.74, 6) is 0. The molecule has 0 amide bonds. The minimum atomic E-state index is -1.80. The summed E-state index contributed by atoms with van der Waals surface area (Å²) in [4.78, 5) is 0. The minimum absolute atomic E-state index is 1.25. The van der Waals surface area contributed by atoms with E-state index in [0.29, 0.717) is 0 Å². The molecule has 126 valence electrons. The standard InChI is InChI=1S/C21H37P/c1-6-10-17-22(5,18-11-7-2,19-12-8-3)21-15-13-20(9-4)14-16-21/h9,13-16H,4,6-8,10-12,17-19H2,1-3,5H3. The number of rotatable bonds is 11. The molecule has 0 aromatic heterocycles. The molecule has 0 aliphatic carbocycles. The third-order valence-electron chi connectivity index (χ3n) is 5.42. The van der Waals surface area contributed by atoms with Crippen LogP contribution >= 0.6 is 6.60 Å². The second kappa shape index (κ2) is 8.88. The molecule has 0 heterocycles. The molecule has 0 saturated heterocycles. The van der Waals surface area contributed by atoms with Crippen LogP contribution in [0.25, 0.3) is 6.08 Å². The van der Waals surface area contributed by atoms with Gasteiger partial charge in [0.15, 0.2) is 0 Å². The zero-order chi connectivity index (χ0) is 16.5. The van der Waals surface area contributed by atoms with Crippen molar-refractivity contribution in [2.45, 2.75) is 59.3 Å². The summed E-state index contributed by atoms with van der Waals surface area (Å²) in [5, 5.41) is 1.67. The first-order chi connectivity index (χ1) is 10.5. The molecule has 0 aliphatic heterocycles. The van der Waals surface area contributed by atoms with Crippen molar-refractivity contribution in [3.05, 3.63) is 36.4 Å². The van der Waals surface area contributed by atoms with Crippen LogP contribution in [0.1, 0.15) is 64.9 Å². The zero-order valence-corrected chi connectivity index (χ0v) is 16.3. The molecule has 1 aromatic rings. The zero-order valence-electron chi connectivity index (χ0n) is 15.4. The number of benzene rings is 1. The Bertz CT molecular complexity index is 419. The molecule has 0 fully saturated rings. The van der Waals surface area contributed by atoms with E-state index in [1.54, 1.807) is 5.30 Å². The summed E-state index contributed by atoms with van der Waals surface area (Å²) in [5.41, 5.74) is 1.25. The molecular formula is C21H37P. The van der Waals surface area contributed by atoms with Gasteiger partial charge in [0.1, 0.15) is 0 Å². The first-order valence-electron chi connectivity index (χ1n) is 9.26. The fourth-order valence-corrected chi connectivity index (χ4v) is 9.89. The molecule has 1 heteroatoms. The van der Waals surface area contributed by atoms with E-state index in [-0.39, 0.29) is 0 Å². The summed E-state index contributed by atoms with van der Waals surface area (Å²) in [6.07, 6.45) is 14.4. The molecule has 22 heavy (non-hydrogen) atoms. The molecule has 0 unspecified atom stereocenters. The van der Waals surface area contributed by atoms with Crippen molar-refractivity contribution in [1.82, 2.24) is 0 Å². The van der Waals surface area contributed by atoms with Gasteiger partial charge in [0, 0.05) is 0 Å². The van der Waals surface area contributed by atoms with Crippen molar-refractivity contribution in [3.63, 3.8) is 0 Å². The van der Waals surface area contributed by atoms with Gasteiger partial charge in [0.05, 0.1) is 0 Å². The van der Waals surface area contributed by atoms with E-state index in [0.717, 1.165) is 0 Å². The van der Waals surface area contributed by atoms with E-state index in [1.165, 1.54) is 62.6 Å². The van der Waals surface area contributed by atoms with Crippen LogP contribution in [0.5, 0.6) is 0 Å². The van der Waals surface area contributed by atoms with Gasteiger partial charge < -0.3 is 0 Å². The van der Waals surface area contributed by atoms with Crippen molar-refractivity contribution in [2.75, 3.05) is 25.2 Å². The predicted molar refractivity (Wildman–Crippen MR) is 108 cm³/mol. The van der Waals surface area contributed by atoms with Gasteiger partial charge in [0.25, 0.3) is 0 Å². The predicted octanol–water partition coefficient (Wildman–Crippen LogP) is 6.54. The maximum absolute atomic E-state index is 3.90. The fraction of sp³-hybridized carbons (Fsp3) is 0.619. The van der Waals surface area contributed by atoms with Gasteiger partial charge in [0.2, 0.25) is 0 Å². The van der Waals surface area contributed by atoms with Crippen LogP contribution in [-0.4, -0.2) is 25.2 Å². The molecule has 0 N–H and O–H groups in total. The first kappa shape index (κ1) is 19.4. The van der Waals surface area contributed by atoms with Crippen LogP contribution < -0.4 is 5.30 Å². The average Bonchev–Trinajstić information content (AvgIpc) is 2.57. The van der Waals surface area contributed by atoms with Crippen molar-refractivity contribution in [3.8, 4) is 0 Å². The molecule has 0 nitrogen and oxygen atoms in total. The summed E-state index contributed by atoms with van der Waals surface area (Å²) in [7, 11) is 0. The molecular weight excluding hydrogens is 283 g/mol. The maximum atomic E-state index is 3.90. The van der Waals surface area contributed by atoms with E-state index in [9.17, 15) is 0 Å². The second-order valence-electron chi connectivity index (χ2n) is 7.34. The Hall–Kier alpha value is -0.610. The quantitative estimate of drug-likeness (QED) is 0.406. The molecule has 0 bridgehead atoms. The normalized spacial score (nSPS) is 13.5. The SMILES string of the molecule is C=Cc1ccc(P(C)(CCCC)(CCCC)CCCC)cc1. The monoisotopic (exact) mass is 320 g/mol. The Morgan fingerprint density at radius 2 is 1.23 bits per heavy atom. The first-order valence-corrected chi connectivity index (χ1v) is 12.5. The van der Waals surface area contributed by atoms with E-state index < -0.39 is 6.60 Å². The van der Waals surface area contributed by atoms with Crippen LogP contribution in [0.2, 0.25) is 0 Å². The Morgan fingerprint density at radius 3 is 1.55 bits per heavy atom. The summed E-state index contributed by atoms with van der Waals surface area (Å²) >= 11 is 0. The van der Waals surface area contributed by atoms with Crippen LogP contribution in [0.3, 0.4) is 0 Å². The molecule has 0 spiro atoms. The van der Waals surface area contributed by atoms with Crippen LogP contribution in [0, 0.1) is 0 Å². The van der Waals surface area contributed by atoms with Crippen LogP contribution in [0.4, 0.5) is 0 Å². The summed E-state index contributed by atoms with van der Waals surface area (Å²) in [6, 6.07) is 9.40. The molecule has 0 saturated carbocycles. The molecule has 0 atom stereocenters. The Morgan fingerprint density at radius 1 is 0.818 bits per heavy atom. The van der Waals surface area contributed by atoms with Crippen molar-refractivity contribution < 1.29 is 0 Å². The molecule has 0 aliphatic rings. The average molecular weight is 321 g/mol. The van der Waals surface area contributed by atoms with E-state index in [4.69, 9.17) is 0 Å². The van der Waals surface area contributed by atoms with Gasteiger partial charge in [-0.2, -0.15) is 0 Å². The summed E-state index contributed by atoms with van der Waals surface area (Å²) in [6.45, 7) is 11.8. The van der Waals surface area contributed by atoms with E-state index >= 15 is 0 Å². The molecule has 1 aromatic carbocycles. The van der Waals surface area contributed by atoms with E-state index in [1.807, 2.05) is 6.08 Å². The Kier molecular flexibility index (Phi) is 7.84. The number of hydrogen-bond acceptors (Lipinski definition) is 0. The Labute approximate surface area is 139 Å². The molecule has 0 radical (unpaired) electrons. The van der Waals surface area contributed by atoms with Gasteiger partial charge in [-0.1, -0.05) is 0 Å². The Balaban J connectivity index is 3.26. The number of hydrogen-bond donors (Lipinski definition) is 0. The van der Waals surface area contributed by atoms with Crippen molar-refractivity contribution in [2.24, 2.45) is 0 Å². The van der Waals surface area contributed by atoms with Crippen molar-refractivity contribution in [1.29, 1.82) is 0 Å². The van der Waals surface area contributed by atoms with Crippen LogP contribution in [0.15, 0.2) is 30.8 Å². The van der Waals surface area contributed by atoms with Gasteiger partial charge in [-0.05, 0) is 0 Å². The molecule has 1 rings (SSSR count). The van der Waals surface area contributed by atoms with Crippen LogP contribution in [-0.2, 0) is 0 Å². The van der Waals surface area contributed by atoms with Gasteiger partial charge in [-0.15, -0.1) is 0 Å². The topological polar surface area (TPSA) is 0 Å². The van der Waals surface area contributed by atoms with Gasteiger partial charge in [-0.3, -0.25) is 0 Å². The third-order valence-corrected chi connectivity index (χ3v) is 12.2. The second-order valence-corrected chi connectivity index (χ2v) is 13.8. The number of unbranched alkanes of at least 4 members (excludes halogenated alkanes) is 3. The van der Waals surface area contributed by atoms with Crippen molar-refractivity contribution >= 4 is 18.0 Å². The fourth-order valence-electron chi connectivity index (χ4n) is 3.66. The van der Waals surface area contributed by atoms with Gasteiger partial charge in [-0.25, -0.2) is 0 Å². The van der Waals surface area contributed by atoms with E-state index in [2.05, 4.69) is 58.3 Å².